The monoisotopic (exact) mass is 332 g/mol. The lowest BCUT2D eigenvalue weighted by atomic mass is 10.1. The van der Waals surface area contributed by atoms with Gasteiger partial charge in [0.2, 0.25) is 5.16 Å². The number of benzene rings is 1. The Labute approximate surface area is 127 Å². The van der Waals surface area contributed by atoms with Crippen LogP contribution in [0.4, 0.5) is 13.2 Å². The van der Waals surface area contributed by atoms with Gasteiger partial charge in [-0.2, -0.15) is 13.2 Å². The van der Waals surface area contributed by atoms with E-state index in [0.29, 0.717) is 10.2 Å². The number of carbonyl (C=O) groups is 1. The molecular formula is C12H11F3N4O2S. The van der Waals surface area contributed by atoms with Gasteiger partial charge in [-0.15, -0.1) is 10.2 Å². The summed E-state index contributed by atoms with van der Waals surface area (Å²) in [5.74, 6) is 3.38. The molecule has 2 rings (SSSR count). The van der Waals surface area contributed by atoms with Gasteiger partial charge in [0.05, 0.1) is 7.11 Å². The number of aromatic nitrogens is 3. The highest BCUT2D eigenvalue weighted by Crippen LogP contribution is 2.36. The molecule has 1 aromatic carbocycles. The first-order valence-electron chi connectivity index (χ1n) is 5.91. The molecule has 0 saturated carbocycles. The summed E-state index contributed by atoms with van der Waals surface area (Å²) < 4.78 is 42.9. The second-order valence-electron chi connectivity index (χ2n) is 4.11. The number of carbonyl (C=O) groups excluding carboxylic acids is 1. The van der Waals surface area contributed by atoms with E-state index >= 15 is 0 Å². The van der Waals surface area contributed by atoms with E-state index in [1.165, 1.54) is 7.11 Å². The van der Waals surface area contributed by atoms with Gasteiger partial charge in [0.1, 0.15) is 5.25 Å². The lowest BCUT2D eigenvalue weighted by Gasteiger charge is -2.14. The Kier molecular flexibility index (Phi) is 4.59. The SMILES string of the molecule is COC(=O)C(Sc1nnc(C(F)(F)F)n1N)c1ccccc1. The molecule has 0 radical (unpaired) electrons. The maximum absolute atomic E-state index is 12.6. The van der Waals surface area contributed by atoms with E-state index in [2.05, 4.69) is 14.9 Å². The number of hydrogen-bond donors (Lipinski definition) is 1. The van der Waals surface area contributed by atoms with Crippen LogP contribution in [0.2, 0.25) is 0 Å². The summed E-state index contributed by atoms with van der Waals surface area (Å²) in [5.41, 5.74) is 0.552. The average molecular weight is 332 g/mol. The zero-order valence-electron chi connectivity index (χ0n) is 11.2. The van der Waals surface area contributed by atoms with Crippen molar-refractivity contribution in [3.63, 3.8) is 0 Å². The topological polar surface area (TPSA) is 83.0 Å². The number of nitrogens with zero attached hydrogens (tertiary/aromatic N) is 3. The summed E-state index contributed by atoms with van der Waals surface area (Å²) in [5, 5.41) is 5.25. The van der Waals surface area contributed by atoms with Gasteiger partial charge >= 0.3 is 12.1 Å². The predicted octanol–water partition coefficient (Wildman–Crippen LogP) is 2.02. The zero-order chi connectivity index (χ0) is 16.3. The molecule has 0 aliphatic rings. The number of halogens is 3. The molecule has 0 amide bonds. The van der Waals surface area contributed by atoms with Crippen LogP contribution in [0.1, 0.15) is 16.6 Å². The molecule has 0 bridgehead atoms. The molecule has 1 unspecified atom stereocenters. The van der Waals surface area contributed by atoms with Gasteiger partial charge in [-0.05, 0) is 5.56 Å². The van der Waals surface area contributed by atoms with Crippen molar-refractivity contribution in [2.75, 3.05) is 13.0 Å². The number of alkyl halides is 3. The Morgan fingerprint density at radius 1 is 1.32 bits per heavy atom. The van der Waals surface area contributed by atoms with Gasteiger partial charge in [-0.3, -0.25) is 4.79 Å². The minimum atomic E-state index is -4.73. The van der Waals surface area contributed by atoms with Crippen LogP contribution in [0, 0.1) is 0 Å². The summed E-state index contributed by atoms with van der Waals surface area (Å²) in [6.45, 7) is 0. The molecule has 2 N–H and O–H groups in total. The number of methoxy groups -OCH3 is 1. The maximum atomic E-state index is 12.6. The van der Waals surface area contributed by atoms with E-state index in [9.17, 15) is 18.0 Å². The van der Waals surface area contributed by atoms with Crippen molar-refractivity contribution < 1.29 is 22.7 Å². The summed E-state index contributed by atoms with van der Waals surface area (Å²) in [4.78, 5) is 11.9. The Balaban J connectivity index is 2.33. The number of nitrogen functional groups attached to an aromatic ring is 1. The fraction of sp³-hybridized carbons (Fsp3) is 0.250. The number of esters is 1. The van der Waals surface area contributed by atoms with Crippen LogP contribution in [-0.2, 0) is 15.7 Å². The van der Waals surface area contributed by atoms with Crippen LogP contribution in [0.3, 0.4) is 0 Å². The first-order chi connectivity index (χ1) is 10.3. The molecule has 0 aliphatic carbocycles. The van der Waals surface area contributed by atoms with Gasteiger partial charge < -0.3 is 10.6 Å². The molecule has 0 saturated heterocycles. The van der Waals surface area contributed by atoms with Crippen molar-refractivity contribution in [3.8, 4) is 0 Å². The quantitative estimate of drug-likeness (QED) is 0.524. The Bertz CT molecular complexity index is 660. The van der Waals surface area contributed by atoms with Gasteiger partial charge in [0.15, 0.2) is 0 Å². The molecule has 2 aromatic rings. The van der Waals surface area contributed by atoms with Crippen LogP contribution < -0.4 is 5.84 Å². The van der Waals surface area contributed by atoms with Gasteiger partial charge in [0.25, 0.3) is 5.82 Å². The van der Waals surface area contributed by atoms with Crippen molar-refractivity contribution in [1.29, 1.82) is 0 Å². The van der Waals surface area contributed by atoms with Gasteiger partial charge in [-0.25, -0.2) is 4.68 Å². The highest BCUT2D eigenvalue weighted by Gasteiger charge is 2.39. The van der Waals surface area contributed by atoms with Crippen LogP contribution in [0.25, 0.3) is 0 Å². The van der Waals surface area contributed by atoms with Crippen LogP contribution in [0.5, 0.6) is 0 Å². The molecule has 10 heteroatoms. The molecule has 0 fully saturated rings. The highest BCUT2D eigenvalue weighted by atomic mass is 32.2. The largest absolute Gasteiger partial charge is 0.468 e. The first-order valence-corrected chi connectivity index (χ1v) is 6.79. The normalized spacial score (nSPS) is 12.9. The standard InChI is InChI=1S/C12H11F3N4O2S/c1-21-9(20)8(7-5-3-2-4-6-7)22-11-18-17-10(19(11)16)12(13,14)15/h2-6,8H,16H2,1H3. The number of ether oxygens (including phenoxy) is 1. The average Bonchev–Trinajstić information content (AvgIpc) is 2.86. The van der Waals surface area contributed by atoms with E-state index in [1.807, 2.05) is 0 Å². The third kappa shape index (κ3) is 3.32. The van der Waals surface area contributed by atoms with Gasteiger partial charge in [-0.1, -0.05) is 42.1 Å². The lowest BCUT2D eigenvalue weighted by molar-refractivity contribution is -0.146. The van der Waals surface area contributed by atoms with Crippen LogP contribution in [-0.4, -0.2) is 28.0 Å². The van der Waals surface area contributed by atoms with Crippen molar-refractivity contribution in [2.45, 2.75) is 16.6 Å². The smallest absolute Gasteiger partial charge is 0.453 e. The van der Waals surface area contributed by atoms with Crippen LogP contribution in [0.15, 0.2) is 35.5 Å². The van der Waals surface area contributed by atoms with Crippen molar-refractivity contribution in [1.82, 2.24) is 14.9 Å². The predicted molar refractivity (Wildman–Crippen MR) is 72.2 cm³/mol. The van der Waals surface area contributed by atoms with Crippen molar-refractivity contribution >= 4 is 17.7 Å². The second-order valence-corrected chi connectivity index (χ2v) is 5.18. The molecule has 1 heterocycles. The lowest BCUT2D eigenvalue weighted by Crippen LogP contribution is -2.22. The Morgan fingerprint density at radius 2 is 1.95 bits per heavy atom. The molecule has 6 nitrogen and oxygen atoms in total. The Morgan fingerprint density at radius 3 is 2.45 bits per heavy atom. The van der Waals surface area contributed by atoms with E-state index < -0.39 is 23.2 Å². The summed E-state index contributed by atoms with van der Waals surface area (Å²) in [6.07, 6.45) is -4.73. The number of nitrogens with two attached hydrogens (primary N) is 1. The maximum Gasteiger partial charge on any atom is 0.453 e. The molecule has 1 atom stereocenters. The molecular weight excluding hydrogens is 321 g/mol. The third-order valence-corrected chi connectivity index (χ3v) is 3.85. The first kappa shape index (κ1) is 16.1. The number of hydrogen-bond acceptors (Lipinski definition) is 6. The fourth-order valence-electron chi connectivity index (χ4n) is 1.64. The number of rotatable bonds is 4. The van der Waals surface area contributed by atoms with E-state index in [-0.39, 0.29) is 5.16 Å². The highest BCUT2D eigenvalue weighted by molar-refractivity contribution is 8.00. The van der Waals surface area contributed by atoms with E-state index in [1.54, 1.807) is 30.3 Å². The van der Waals surface area contributed by atoms with Gasteiger partial charge in [0, 0.05) is 0 Å². The molecule has 22 heavy (non-hydrogen) atoms. The Hall–Kier alpha value is -2.23. The minimum absolute atomic E-state index is 0.244. The number of thioether (sulfide) groups is 1. The second kappa shape index (κ2) is 6.26. The summed E-state index contributed by atoms with van der Waals surface area (Å²) >= 11 is 0.728. The summed E-state index contributed by atoms with van der Waals surface area (Å²) in [7, 11) is 1.19. The van der Waals surface area contributed by atoms with E-state index in [0.717, 1.165) is 11.8 Å². The molecule has 0 spiro atoms. The molecule has 1 aromatic heterocycles. The van der Waals surface area contributed by atoms with Crippen LogP contribution >= 0.6 is 11.8 Å². The molecule has 118 valence electrons. The molecule has 0 aliphatic heterocycles. The fourth-order valence-corrected chi connectivity index (χ4v) is 2.63. The van der Waals surface area contributed by atoms with E-state index in [4.69, 9.17) is 5.84 Å². The zero-order valence-corrected chi connectivity index (χ0v) is 12.1. The van der Waals surface area contributed by atoms with Crippen molar-refractivity contribution in [3.05, 3.63) is 41.7 Å². The van der Waals surface area contributed by atoms with Crippen molar-refractivity contribution in [2.24, 2.45) is 0 Å². The minimum Gasteiger partial charge on any atom is -0.468 e. The third-order valence-electron chi connectivity index (χ3n) is 2.66. The summed E-state index contributed by atoms with van der Waals surface area (Å²) in [6, 6.07) is 8.43.